The molecule has 0 aliphatic rings. The molecular formula is C12H12N2O2S. The van der Waals surface area contributed by atoms with E-state index in [1.165, 1.54) is 18.4 Å². The molecule has 2 aromatic rings. The lowest BCUT2D eigenvalue weighted by Crippen LogP contribution is -1.99. The Morgan fingerprint density at radius 2 is 2.18 bits per heavy atom. The molecule has 0 spiro atoms. The predicted molar refractivity (Wildman–Crippen MR) is 66.2 cm³/mol. The van der Waals surface area contributed by atoms with Gasteiger partial charge in [-0.2, -0.15) is 0 Å². The molecule has 0 saturated heterocycles. The summed E-state index contributed by atoms with van der Waals surface area (Å²) in [5.74, 6) is -0.340. The van der Waals surface area contributed by atoms with Crippen molar-refractivity contribution in [3.63, 3.8) is 0 Å². The smallest absolute Gasteiger partial charge is 0.349 e. The number of nitrogens with zero attached hydrogens (tertiary/aromatic N) is 2. The van der Waals surface area contributed by atoms with Crippen molar-refractivity contribution in [3.05, 3.63) is 34.6 Å². The molecule has 88 valence electrons. The molecule has 0 aliphatic heterocycles. The number of carbonyl (C=O) groups is 1. The molecule has 2 rings (SSSR count). The average Bonchev–Trinajstić information content (AvgIpc) is 2.71. The van der Waals surface area contributed by atoms with Crippen LogP contribution in [-0.2, 0) is 4.74 Å². The van der Waals surface area contributed by atoms with E-state index in [0.717, 1.165) is 16.1 Å². The van der Waals surface area contributed by atoms with E-state index in [-0.39, 0.29) is 5.97 Å². The molecule has 5 heteroatoms. The van der Waals surface area contributed by atoms with Crippen LogP contribution in [0, 0.1) is 13.8 Å². The lowest BCUT2D eigenvalue weighted by Gasteiger charge is -1.99. The van der Waals surface area contributed by atoms with Crippen molar-refractivity contribution < 1.29 is 9.53 Å². The fraction of sp³-hybridized carbons (Fsp3) is 0.250. The molecule has 0 aliphatic carbocycles. The van der Waals surface area contributed by atoms with Gasteiger partial charge in [-0.15, -0.1) is 11.3 Å². The fourth-order valence-corrected chi connectivity index (χ4v) is 2.54. The van der Waals surface area contributed by atoms with E-state index >= 15 is 0 Å². The van der Waals surface area contributed by atoms with Crippen molar-refractivity contribution in [3.8, 4) is 10.6 Å². The molecule has 2 aromatic heterocycles. The maximum Gasteiger partial charge on any atom is 0.349 e. The van der Waals surface area contributed by atoms with Gasteiger partial charge in [0.25, 0.3) is 0 Å². The van der Waals surface area contributed by atoms with Crippen LogP contribution in [0.5, 0.6) is 0 Å². The first-order valence-electron chi connectivity index (χ1n) is 5.10. The van der Waals surface area contributed by atoms with Crippen LogP contribution in [0.1, 0.15) is 20.9 Å². The zero-order valence-electron chi connectivity index (χ0n) is 9.85. The van der Waals surface area contributed by atoms with Gasteiger partial charge in [0, 0.05) is 18.0 Å². The fourth-order valence-electron chi connectivity index (χ4n) is 1.48. The Morgan fingerprint density at radius 3 is 2.82 bits per heavy atom. The number of aromatic nitrogens is 2. The van der Waals surface area contributed by atoms with Crippen LogP contribution in [0.2, 0.25) is 0 Å². The van der Waals surface area contributed by atoms with Crippen LogP contribution >= 0.6 is 11.3 Å². The molecule has 0 radical (unpaired) electrons. The second-order valence-corrected chi connectivity index (χ2v) is 4.61. The topological polar surface area (TPSA) is 52.1 Å². The molecular weight excluding hydrogens is 236 g/mol. The van der Waals surface area contributed by atoms with E-state index in [0.29, 0.717) is 10.6 Å². The van der Waals surface area contributed by atoms with Crippen molar-refractivity contribution >= 4 is 17.3 Å². The number of hydrogen-bond acceptors (Lipinski definition) is 5. The maximum absolute atomic E-state index is 11.5. The summed E-state index contributed by atoms with van der Waals surface area (Å²) in [6.07, 6.45) is 3.50. The van der Waals surface area contributed by atoms with E-state index in [1.54, 1.807) is 19.3 Å². The van der Waals surface area contributed by atoms with E-state index in [1.807, 2.05) is 13.0 Å². The van der Waals surface area contributed by atoms with E-state index in [9.17, 15) is 4.79 Å². The predicted octanol–water partition coefficient (Wildman–Crippen LogP) is 2.61. The van der Waals surface area contributed by atoms with Crippen LogP contribution in [0.3, 0.4) is 0 Å². The maximum atomic E-state index is 11.5. The number of ether oxygens (including phenoxy) is 1. The molecule has 0 unspecified atom stereocenters. The van der Waals surface area contributed by atoms with Gasteiger partial charge in [0.15, 0.2) is 0 Å². The van der Waals surface area contributed by atoms with Crippen molar-refractivity contribution in [2.24, 2.45) is 0 Å². The summed E-state index contributed by atoms with van der Waals surface area (Å²) in [5.41, 5.74) is 2.74. The highest BCUT2D eigenvalue weighted by molar-refractivity contribution is 7.17. The quantitative estimate of drug-likeness (QED) is 0.766. The molecule has 0 amide bonds. The van der Waals surface area contributed by atoms with E-state index < -0.39 is 0 Å². The van der Waals surface area contributed by atoms with Gasteiger partial charge < -0.3 is 4.74 Å². The van der Waals surface area contributed by atoms with Gasteiger partial charge in [0.05, 0.1) is 12.8 Å². The number of rotatable bonds is 2. The van der Waals surface area contributed by atoms with Gasteiger partial charge in [-0.1, -0.05) is 0 Å². The number of thiazole rings is 1. The molecule has 0 atom stereocenters. The Morgan fingerprint density at radius 1 is 1.41 bits per heavy atom. The zero-order chi connectivity index (χ0) is 12.4. The number of aryl methyl sites for hydroxylation is 2. The van der Waals surface area contributed by atoms with Crippen molar-refractivity contribution in [2.45, 2.75) is 13.8 Å². The van der Waals surface area contributed by atoms with E-state index in [4.69, 9.17) is 4.74 Å². The van der Waals surface area contributed by atoms with Gasteiger partial charge in [0.2, 0.25) is 0 Å². The second-order valence-electron chi connectivity index (χ2n) is 3.62. The SMILES string of the molecule is COC(=O)c1sc(-c2cnccc2C)nc1C. The molecule has 17 heavy (non-hydrogen) atoms. The lowest BCUT2D eigenvalue weighted by molar-refractivity contribution is 0.0605. The normalized spacial score (nSPS) is 10.3. The first kappa shape index (κ1) is 11.7. The number of carbonyl (C=O) groups excluding carboxylic acids is 1. The molecule has 2 heterocycles. The summed E-state index contributed by atoms with van der Waals surface area (Å²) in [6.45, 7) is 3.80. The molecule has 0 fully saturated rings. The summed E-state index contributed by atoms with van der Waals surface area (Å²) >= 11 is 1.33. The number of hydrogen-bond donors (Lipinski definition) is 0. The molecule has 0 bridgehead atoms. The highest BCUT2D eigenvalue weighted by Crippen LogP contribution is 2.29. The van der Waals surface area contributed by atoms with Crippen molar-refractivity contribution in [2.75, 3.05) is 7.11 Å². The summed E-state index contributed by atoms with van der Waals surface area (Å²) in [7, 11) is 1.37. The van der Waals surface area contributed by atoms with Crippen molar-refractivity contribution in [1.82, 2.24) is 9.97 Å². The zero-order valence-corrected chi connectivity index (χ0v) is 10.7. The first-order valence-corrected chi connectivity index (χ1v) is 5.92. The van der Waals surface area contributed by atoms with Gasteiger partial charge >= 0.3 is 5.97 Å². The number of esters is 1. The van der Waals surface area contributed by atoms with Crippen LogP contribution in [0.15, 0.2) is 18.5 Å². The standard InChI is InChI=1S/C12H12N2O2S/c1-7-4-5-13-6-9(7)11-14-8(2)10(17-11)12(15)16-3/h4-6H,1-3H3. The van der Waals surface area contributed by atoms with Gasteiger partial charge in [0.1, 0.15) is 9.88 Å². The van der Waals surface area contributed by atoms with Crippen LogP contribution in [0.25, 0.3) is 10.6 Å². The summed E-state index contributed by atoms with van der Waals surface area (Å²) in [4.78, 5) is 20.5. The second kappa shape index (κ2) is 4.63. The Kier molecular flexibility index (Phi) is 3.19. The van der Waals surface area contributed by atoms with Crippen LogP contribution in [0.4, 0.5) is 0 Å². The average molecular weight is 248 g/mol. The Balaban J connectivity index is 2.49. The monoisotopic (exact) mass is 248 g/mol. The number of methoxy groups -OCH3 is 1. The Bertz CT molecular complexity index is 563. The summed E-state index contributed by atoms with van der Waals surface area (Å²) in [5, 5.41) is 0.800. The summed E-state index contributed by atoms with van der Waals surface area (Å²) < 4.78 is 4.71. The van der Waals surface area contributed by atoms with Crippen molar-refractivity contribution in [1.29, 1.82) is 0 Å². The number of pyridine rings is 1. The van der Waals surface area contributed by atoms with Gasteiger partial charge in [-0.25, -0.2) is 9.78 Å². The third-order valence-corrected chi connectivity index (χ3v) is 3.61. The minimum Gasteiger partial charge on any atom is -0.465 e. The highest BCUT2D eigenvalue weighted by atomic mass is 32.1. The lowest BCUT2D eigenvalue weighted by atomic mass is 10.2. The first-order chi connectivity index (χ1) is 8.13. The highest BCUT2D eigenvalue weighted by Gasteiger charge is 2.17. The Labute approximate surface area is 103 Å². The Hall–Kier alpha value is -1.75. The third kappa shape index (κ3) is 2.19. The molecule has 0 saturated carbocycles. The van der Waals surface area contributed by atoms with Gasteiger partial charge in [-0.3, -0.25) is 4.98 Å². The summed E-state index contributed by atoms with van der Waals surface area (Å²) in [6, 6.07) is 1.92. The molecule has 0 N–H and O–H groups in total. The van der Waals surface area contributed by atoms with Gasteiger partial charge in [-0.05, 0) is 25.5 Å². The minimum absolute atomic E-state index is 0.340. The van der Waals surface area contributed by atoms with E-state index in [2.05, 4.69) is 9.97 Å². The molecule has 4 nitrogen and oxygen atoms in total. The van der Waals surface area contributed by atoms with Crippen LogP contribution in [-0.4, -0.2) is 23.0 Å². The molecule has 0 aromatic carbocycles. The third-order valence-electron chi connectivity index (χ3n) is 2.44. The minimum atomic E-state index is -0.340. The van der Waals surface area contributed by atoms with Crippen LogP contribution < -0.4 is 0 Å². The largest absolute Gasteiger partial charge is 0.465 e.